The van der Waals surface area contributed by atoms with Gasteiger partial charge >= 0.3 is 0 Å². The molecular weight excluding hydrogens is 645 g/mol. The quantitative estimate of drug-likeness (QED) is 0.129. The summed E-state index contributed by atoms with van der Waals surface area (Å²) in [4.78, 5) is 0. The van der Waals surface area contributed by atoms with Crippen LogP contribution in [0.1, 0.15) is 18.9 Å². The second-order valence-corrected chi connectivity index (χ2v) is 15.4. The zero-order chi connectivity index (χ0) is 34.3. The third-order valence-corrected chi connectivity index (χ3v) is 12.7. The van der Waals surface area contributed by atoms with Crippen LogP contribution in [0.4, 0.5) is 0 Å². The molecule has 0 N–H and O–H groups in total. The highest BCUT2D eigenvalue weighted by molar-refractivity contribution is 7.26. The van der Waals surface area contributed by atoms with Gasteiger partial charge in [-0.25, -0.2) is 0 Å². The van der Waals surface area contributed by atoms with Crippen LogP contribution in [-0.2, 0) is 0 Å². The van der Waals surface area contributed by atoms with E-state index in [1.54, 1.807) is 0 Å². The largest absolute Gasteiger partial charge is 0.135 e. The first-order valence-corrected chi connectivity index (χ1v) is 19.1. The summed E-state index contributed by atoms with van der Waals surface area (Å²) in [7, 11) is 0. The van der Waals surface area contributed by atoms with E-state index in [1.165, 1.54) is 107 Å². The van der Waals surface area contributed by atoms with E-state index in [0.717, 1.165) is 6.42 Å². The number of fused-ring (bicyclic) bond motifs is 10. The molecule has 10 aromatic rings. The predicted molar refractivity (Wildman–Crippen MR) is 229 cm³/mol. The highest BCUT2D eigenvalue weighted by atomic mass is 32.1. The van der Waals surface area contributed by atoms with Gasteiger partial charge in [0.2, 0.25) is 0 Å². The third-order valence-electron chi connectivity index (χ3n) is 11.5. The van der Waals surface area contributed by atoms with Crippen molar-refractivity contribution in [2.75, 3.05) is 0 Å². The number of hydrogen-bond acceptors (Lipinski definition) is 1. The van der Waals surface area contributed by atoms with Crippen LogP contribution in [0, 0.1) is 5.92 Å². The Morgan fingerprint density at radius 3 is 1.77 bits per heavy atom. The lowest BCUT2D eigenvalue weighted by Gasteiger charge is -2.24. The van der Waals surface area contributed by atoms with Gasteiger partial charge in [0.25, 0.3) is 0 Å². The Morgan fingerprint density at radius 2 is 1.06 bits per heavy atom. The monoisotopic (exact) mass is 678 g/mol. The van der Waals surface area contributed by atoms with Gasteiger partial charge in [0.1, 0.15) is 0 Å². The molecule has 0 amide bonds. The van der Waals surface area contributed by atoms with Crippen molar-refractivity contribution in [3.8, 4) is 22.3 Å². The lowest BCUT2D eigenvalue weighted by atomic mass is 9.79. The summed E-state index contributed by atoms with van der Waals surface area (Å²) in [5, 5.41) is 15.6. The molecule has 0 spiro atoms. The molecular formula is C51H34S. The van der Waals surface area contributed by atoms with Gasteiger partial charge in [-0.05, 0) is 118 Å². The fraction of sp³-hybridized carbons (Fsp3) is 0.0588. The topological polar surface area (TPSA) is 0 Å². The molecule has 11 rings (SSSR count). The van der Waals surface area contributed by atoms with Crippen LogP contribution in [0.15, 0.2) is 170 Å². The average molecular weight is 679 g/mol. The minimum Gasteiger partial charge on any atom is -0.135 e. The number of hydrogen-bond donors (Lipinski definition) is 0. The summed E-state index contributed by atoms with van der Waals surface area (Å²) in [5.41, 5.74) is 7.98. The van der Waals surface area contributed by atoms with E-state index in [2.05, 4.69) is 177 Å². The Morgan fingerprint density at radius 1 is 0.462 bits per heavy atom. The van der Waals surface area contributed by atoms with Crippen LogP contribution in [0.3, 0.4) is 0 Å². The molecule has 0 nitrogen and oxygen atoms in total. The van der Waals surface area contributed by atoms with Gasteiger partial charge in [-0.15, -0.1) is 11.3 Å². The molecule has 1 heteroatoms. The van der Waals surface area contributed by atoms with Crippen LogP contribution >= 0.6 is 11.3 Å². The molecule has 1 unspecified atom stereocenters. The maximum absolute atomic E-state index is 2.49. The van der Waals surface area contributed by atoms with Gasteiger partial charge in [-0.1, -0.05) is 159 Å². The van der Waals surface area contributed by atoms with E-state index in [-0.39, 0.29) is 0 Å². The van der Waals surface area contributed by atoms with Crippen molar-refractivity contribution < 1.29 is 0 Å². The minimum absolute atomic E-state index is 0.425. The zero-order valence-corrected chi connectivity index (χ0v) is 29.7. The maximum Gasteiger partial charge on any atom is 0.0434 e. The Balaban J connectivity index is 1.28. The summed E-state index contributed by atoms with van der Waals surface area (Å²) in [6.07, 6.45) is 7.96. The highest BCUT2D eigenvalue weighted by Gasteiger charge is 2.24. The minimum atomic E-state index is 0.425. The molecule has 0 fully saturated rings. The molecule has 1 aromatic heterocycles. The van der Waals surface area contributed by atoms with Crippen molar-refractivity contribution >= 4 is 90.9 Å². The molecule has 52 heavy (non-hydrogen) atoms. The lowest BCUT2D eigenvalue weighted by molar-refractivity contribution is 0.759. The Hall–Kier alpha value is -6.02. The summed E-state index contributed by atoms with van der Waals surface area (Å²) < 4.78 is 2.69. The van der Waals surface area contributed by atoms with Crippen molar-refractivity contribution in [2.45, 2.75) is 13.3 Å². The maximum atomic E-state index is 2.49. The van der Waals surface area contributed by atoms with Gasteiger partial charge in [0.05, 0.1) is 0 Å². The van der Waals surface area contributed by atoms with Crippen molar-refractivity contribution in [1.29, 1.82) is 0 Å². The van der Waals surface area contributed by atoms with E-state index in [9.17, 15) is 0 Å². The average Bonchev–Trinajstić information content (AvgIpc) is 3.59. The second kappa shape index (κ2) is 11.5. The summed E-state index contributed by atoms with van der Waals surface area (Å²) in [5.74, 6) is 0.425. The molecule has 0 saturated carbocycles. The number of rotatable bonds is 3. The first-order chi connectivity index (χ1) is 25.7. The first kappa shape index (κ1) is 29.7. The normalized spacial score (nSPS) is 14.8. The zero-order valence-electron chi connectivity index (χ0n) is 28.9. The van der Waals surface area contributed by atoms with Crippen LogP contribution in [-0.4, -0.2) is 0 Å². The van der Waals surface area contributed by atoms with E-state index in [4.69, 9.17) is 0 Å². The SMILES string of the molecule is CC1CC=CC=C1c1cc2c(ccc3ccccc32)cc1-c1c2ccccc2c(-c2cccc3sc4c5ccccc5ccc4c23)c2ccccc12. The highest BCUT2D eigenvalue weighted by Crippen LogP contribution is 2.50. The first-order valence-electron chi connectivity index (χ1n) is 18.3. The van der Waals surface area contributed by atoms with E-state index in [0.29, 0.717) is 5.92 Å². The molecule has 244 valence electrons. The molecule has 9 aromatic carbocycles. The molecule has 1 heterocycles. The molecule has 0 saturated heterocycles. The van der Waals surface area contributed by atoms with Crippen LogP contribution in [0.25, 0.3) is 102 Å². The number of benzene rings is 9. The van der Waals surface area contributed by atoms with Gasteiger partial charge in [0, 0.05) is 20.2 Å². The van der Waals surface area contributed by atoms with Gasteiger partial charge in [0.15, 0.2) is 0 Å². The molecule has 0 bridgehead atoms. The van der Waals surface area contributed by atoms with Crippen molar-refractivity contribution in [2.24, 2.45) is 5.92 Å². The van der Waals surface area contributed by atoms with Gasteiger partial charge in [-0.2, -0.15) is 0 Å². The van der Waals surface area contributed by atoms with Crippen LogP contribution < -0.4 is 0 Å². The fourth-order valence-corrected chi connectivity index (χ4v) is 10.3. The molecule has 0 aliphatic heterocycles. The smallest absolute Gasteiger partial charge is 0.0434 e. The van der Waals surface area contributed by atoms with Crippen molar-refractivity contribution in [3.05, 3.63) is 175 Å². The molecule has 0 radical (unpaired) electrons. The van der Waals surface area contributed by atoms with Crippen molar-refractivity contribution in [3.63, 3.8) is 0 Å². The van der Waals surface area contributed by atoms with Gasteiger partial charge in [-0.3, -0.25) is 0 Å². The second-order valence-electron chi connectivity index (χ2n) is 14.4. The molecule has 1 atom stereocenters. The summed E-state index contributed by atoms with van der Waals surface area (Å²) >= 11 is 1.92. The van der Waals surface area contributed by atoms with Crippen LogP contribution in [0.2, 0.25) is 0 Å². The third kappa shape index (κ3) is 4.33. The predicted octanol–water partition coefficient (Wildman–Crippen LogP) is 15.1. The standard InChI is InChI=1S/C51H34S/c1-31-13-2-5-16-35(31)45-30-44-34(26-25-32-14-3-6-17-36(32)44)29-46(45)49-40-21-10-8-19-38(40)48(39-20-9-11-22-41(39)49)42-23-12-24-47-50(42)43-28-27-33-15-4-7-18-37(33)51(43)52-47/h2-12,14-31H,13H2,1H3. The number of allylic oxidation sites excluding steroid dienone is 4. The summed E-state index contributed by atoms with van der Waals surface area (Å²) in [6, 6.07) is 57.0. The fourth-order valence-electron chi connectivity index (χ4n) is 9.07. The molecule has 1 aliphatic rings. The Labute approximate surface area is 306 Å². The number of thiophene rings is 1. The van der Waals surface area contributed by atoms with E-state index < -0.39 is 0 Å². The van der Waals surface area contributed by atoms with E-state index in [1.807, 2.05) is 11.3 Å². The van der Waals surface area contributed by atoms with Crippen molar-refractivity contribution in [1.82, 2.24) is 0 Å². The Kier molecular flexibility index (Phi) is 6.56. The van der Waals surface area contributed by atoms with E-state index >= 15 is 0 Å². The van der Waals surface area contributed by atoms with Gasteiger partial charge < -0.3 is 0 Å². The Bertz CT molecular complexity index is 3110. The lowest BCUT2D eigenvalue weighted by Crippen LogP contribution is -2.03. The summed E-state index contributed by atoms with van der Waals surface area (Å²) in [6.45, 7) is 2.38. The molecule has 1 aliphatic carbocycles. The van der Waals surface area contributed by atoms with Crippen LogP contribution in [0.5, 0.6) is 0 Å².